The number of methoxy groups -OCH3 is 1. The molecule has 6 heteroatoms. The van der Waals surface area contributed by atoms with Gasteiger partial charge in [0.05, 0.1) is 21.5 Å². The van der Waals surface area contributed by atoms with Gasteiger partial charge >= 0.3 is 5.97 Å². The molecule has 0 spiro atoms. The molecule has 0 aliphatic heterocycles. The third-order valence-corrected chi connectivity index (χ3v) is 3.95. The molecule has 0 saturated heterocycles. The Morgan fingerprint density at radius 2 is 2.33 bits per heavy atom. The number of aromatic nitrogens is 1. The molecule has 0 saturated carbocycles. The molecule has 0 amide bonds. The summed E-state index contributed by atoms with van der Waals surface area (Å²) in [5, 5.41) is 0. The highest BCUT2D eigenvalue weighted by Gasteiger charge is 2.21. The number of aryl methyl sites for hydroxylation is 1. The lowest BCUT2D eigenvalue weighted by atomic mass is 10.2. The number of thiophene rings is 1. The minimum Gasteiger partial charge on any atom is -0.463 e. The van der Waals surface area contributed by atoms with E-state index in [-0.39, 0.29) is 5.76 Å². The molecule has 96 valence electrons. The van der Waals surface area contributed by atoms with Gasteiger partial charge in [-0.3, -0.25) is 0 Å². The highest BCUT2D eigenvalue weighted by atomic mass is 79.9. The number of halogens is 1. The second kappa shape index (κ2) is 5.67. The van der Waals surface area contributed by atoms with E-state index in [1.54, 1.807) is 0 Å². The van der Waals surface area contributed by atoms with Crippen LogP contribution in [0.5, 0.6) is 0 Å². The Hall–Kier alpha value is -1.14. The van der Waals surface area contributed by atoms with Crippen LogP contribution < -0.4 is 0 Å². The quantitative estimate of drug-likeness (QED) is 0.798. The molecule has 0 unspecified atom stereocenters. The van der Waals surface area contributed by atoms with Crippen LogP contribution in [0, 0.1) is 0 Å². The molecule has 0 atom stereocenters. The van der Waals surface area contributed by atoms with Crippen molar-refractivity contribution in [2.24, 2.45) is 0 Å². The van der Waals surface area contributed by atoms with Gasteiger partial charge in [0.2, 0.25) is 11.7 Å². The Bertz CT molecular complexity index is 561. The largest absolute Gasteiger partial charge is 0.463 e. The third kappa shape index (κ3) is 2.64. The average molecular weight is 330 g/mol. The standard InChI is InChI=1S/C12H12BrNO3S/c1-3-4-7-10(12(15)16-2)17-11(14-7)8-5-6-9(13)18-8/h5-6H,3-4H2,1-2H3. The summed E-state index contributed by atoms with van der Waals surface area (Å²) in [6.07, 6.45) is 1.59. The number of hydrogen-bond acceptors (Lipinski definition) is 5. The minimum atomic E-state index is -0.479. The molecular weight excluding hydrogens is 318 g/mol. The van der Waals surface area contributed by atoms with Crippen LogP contribution in [0.3, 0.4) is 0 Å². The van der Waals surface area contributed by atoms with Crippen molar-refractivity contribution in [1.82, 2.24) is 4.98 Å². The van der Waals surface area contributed by atoms with Gasteiger partial charge in [0.25, 0.3) is 0 Å². The van der Waals surface area contributed by atoms with Crippen LogP contribution in [0.15, 0.2) is 20.3 Å². The van der Waals surface area contributed by atoms with E-state index in [1.165, 1.54) is 18.4 Å². The average Bonchev–Trinajstić information content (AvgIpc) is 2.95. The first kappa shape index (κ1) is 13.3. The van der Waals surface area contributed by atoms with Crippen LogP contribution in [0.4, 0.5) is 0 Å². The summed E-state index contributed by atoms with van der Waals surface area (Å²) in [5.41, 5.74) is 0.656. The number of nitrogens with zero attached hydrogens (tertiary/aromatic N) is 1. The molecule has 4 nitrogen and oxygen atoms in total. The van der Waals surface area contributed by atoms with Crippen molar-refractivity contribution in [3.63, 3.8) is 0 Å². The molecule has 0 aromatic carbocycles. The summed E-state index contributed by atoms with van der Waals surface area (Å²) in [6.45, 7) is 2.02. The maximum atomic E-state index is 11.6. The first-order chi connectivity index (χ1) is 8.65. The Labute approximate surface area is 117 Å². The predicted octanol–water partition coefficient (Wildman–Crippen LogP) is 3.90. The van der Waals surface area contributed by atoms with Crippen LogP contribution in [0.2, 0.25) is 0 Å². The van der Waals surface area contributed by atoms with Crippen molar-refractivity contribution in [3.8, 4) is 10.8 Å². The molecule has 0 N–H and O–H groups in total. The fourth-order valence-electron chi connectivity index (χ4n) is 1.54. The Balaban J connectivity index is 2.41. The smallest absolute Gasteiger partial charge is 0.376 e. The summed E-state index contributed by atoms with van der Waals surface area (Å²) in [6, 6.07) is 3.82. The zero-order valence-corrected chi connectivity index (χ0v) is 12.4. The molecule has 2 aromatic heterocycles. The summed E-state index contributed by atoms with van der Waals surface area (Å²) < 4.78 is 11.2. The number of carbonyl (C=O) groups excluding carboxylic acids is 1. The lowest BCUT2D eigenvalue weighted by Gasteiger charge is -1.96. The third-order valence-electron chi connectivity index (χ3n) is 2.34. The lowest BCUT2D eigenvalue weighted by molar-refractivity contribution is 0.0564. The van der Waals surface area contributed by atoms with Crippen molar-refractivity contribution < 1.29 is 13.9 Å². The fourth-order valence-corrected chi connectivity index (χ4v) is 2.86. The molecule has 2 heterocycles. The van der Waals surface area contributed by atoms with Crippen LogP contribution in [-0.2, 0) is 11.2 Å². The fraction of sp³-hybridized carbons (Fsp3) is 0.333. The van der Waals surface area contributed by atoms with E-state index < -0.39 is 5.97 Å². The van der Waals surface area contributed by atoms with Crippen molar-refractivity contribution in [2.45, 2.75) is 19.8 Å². The molecule has 2 aromatic rings. The number of esters is 1. The molecule has 0 radical (unpaired) electrons. The van der Waals surface area contributed by atoms with Crippen LogP contribution in [-0.4, -0.2) is 18.1 Å². The second-order valence-corrected chi connectivity index (χ2v) is 6.10. The molecule has 0 aliphatic rings. The minimum absolute atomic E-state index is 0.207. The van der Waals surface area contributed by atoms with Crippen molar-refractivity contribution >= 4 is 33.2 Å². The molecular formula is C12H12BrNO3S. The Morgan fingerprint density at radius 3 is 2.89 bits per heavy atom. The Morgan fingerprint density at radius 1 is 1.56 bits per heavy atom. The topological polar surface area (TPSA) is 52.3 Å². The summed E-state index contributed by atoms with van der Waals surface area (Å²) in [7, 11) is 1.34. The van der Waals surface area contributed by atoms with Crippen LogP contribution >= 0.6 is 27.3 Å². The van der Waals surface area contributed by atoms with Crippen LogP contribution in [0.25, 0.3) is 10.8 Å². The molecule has 0 bridgehead atoms. The molecule has 18 heavy (non-hydrogen) atoms. The van der Waals surface area contributed by atoms with E-state index >= 15 is 0 Å². The number of rotatable bonds is 4. The van der Waals surface area contributed by atoms with Gasteiger partial charge in [-0.2, -0.15) is 0 Å². The maximum Gasteiger partial charge on any atom is 0.376 e. The van der Waals surface area contributed by atoms with Gasteiger partial charge in [-0.1, -0.05) is 13.3 Å². The van der Waals surface area contributed by atoms with Gasteiger partial charge in [-0.25, -0.2) is 9.78 Å². The monoisotopic (exact) mass is 329 g/mol. The van der Waals surface area contributed by atoms with Crippen molar-refractivity contribution in [3.05, 3.63) is 27.4 Å². The van der Waals surface area contributed by atoms with Gasteiger partial charge < -0.3 is 9.15 Å². The normalized spacial score (nSPS) is 10.6. The SMILES string of the molecule is CCCc1nc(-c2ccc(Br)s2)oc1C(=O)OC. The molecule has 2 rings (SSSR count). The summed E-state index contributed by atoms with van der Waals surface area (Å²) in [5.74, 6) is 0.196. The van der Waals surface area contributed by atoms with Gasteiger partial charge in [0.15, 0.2) is 0 Å². The van der Waals surface area contributed by atoms with Gasteiger partial charge in [0.1, 0.15) is 0 Å². The van der Waals surface area contributed by atoms with Crippen molar-refractivity contribution in [2.75, 3.05) is 7.11 Å². The zero-order chi connectivity index (χ0) is 13.1. The van der Waals surface area contributed by atoms with E-state index in [9.17, 15) is 4.79 Å². The lowest BCUT2D eigenvalue weighted by Crippen LogP contribution is -2.03. The summed E-state index contributed by atoms with van der Waals surface area (Å²) >= 11 is 4.89. The second-order valence-electron chi connectivity index (χ2n) is 3.64. The van der Waals surface area contributed by atoms with Crippen molar-refractivity contribution in [1.29, 1.82) is 0 Å². The highest BCUT2D eigenvalue weighted by Crippen LogP contribution is 2.32. The predicted molar refractivity (Wildman–Crippen MR) is 72.9 cm³/mol. The zero-order valence-electron chi connectivity index (χ0n) is 10.0. The maximum absolute atomic E-state index is 11.6. The molecule has 0 fully saturated rings. The van der Waals surface area contributed by atoms with Gasteiger partial charge in [0, 0.05) is 0 Å². The number of oxazole rings is 1. The molecule has 0 aliphatic carbocycles. The number of hydrogen-bond donors (Lipinski definition) is 0. The van der Waals surface area contributed by atoms with Crippen LogP contribution in [0.1, 0.15) is 29.6 Å². The first-order valence-corrected chi connectivity index (χ1v) is 7.10. The number of ether oxygens (including phenoxy) is 1. The van der Waals surface area contributed by atoms with E-state index in [2.05, 4.69) is 20.9 Å². The van der Waals surface area contributed by atoms with E-state index in [0.717, 1.165) is 15.1 Å². The number of carbonyl (C=O) groups is 1. The highest BCUT2D eigenvalue weighted by molar-refractivity contribution is 9.11. The van der Waals surface area contributed by atoms with E-state index in [0.29, 0.717) is 18.0 Å². The van der Waals surface area contributed by atoms with Gasteiger partial charge in [-0.05, 0) is 34.5 Å². The van der Waals surface area contributed by atoms with Gasteiger partial charge in [-0.15, -0.1) is 11.3 Å². The Kier molecular flexibility index (Phi) is 4.19. The first-order valence-electron chi connectivity index (χ1n) is 5.49. The summed E-state index contributed by atoms with van der Waals surface area (Å²) in [4.78, 5) is 16.9. The van der Waals surface area contributed by atoms with E-state index in [1.807, 2.05) is 19.1 Å². The van der Waals surface area contributed by atoms with E-state index in [4.69, 9.17) is 9.15 Å².